The number of hydrogen-bond donors (Lipinski definition) is 2. The molecule has 0 bridgehead atoms. The first-order valence-corrected chi connectivity index (χ1v) is 14.0. The molecule has 0 aliphatic heterocycles. The lowest BCUT2D eigenvalue weighted by atomic mass is 9.67. The van der Waals surface area contributed by atoms with Crippen LogP contribution in [0.25, 0.3) is 33.4 Å². The summed E-state index contributed by atoms with van der Waals surface area (Å²) in [6, 6.07) is 45.7. The van der Waals surface area contributed by atoms with Crippen LogP contribution < -0.4 is 0 Å². The third-order valence-corrected chi connectivity index (χ3v) is 8.47. The molecular weight excluding hydrogens is 500 g/mol. The van der Waals surface area contributed by atoms with Crippen LogP contribution in [0.4, 0.5) is 0 Å². The van der Waals surface area contributed by atoms with Crippen molar-refractivity contribution < 1.29 is 10.2 Å². The van der Waals surface area contributed by atoms with E-state index >= 15 is 0 Å². The van der Waals surface area contributed by atoms with E-state index in [4.69, 9.17) is 0 Å². The van der Waals surface area contributed by atoms with Crippen LogP contribution >= 0.6 is 0 Å². The molecule has 6 aromatic carbocycles. The van der Waals surface area contributed by atoms with E-state index in [1.165, 1.54) is 22.3 Å². The monoisotopic (exact) mass is 530 g/mol. The van der Waals surface area contributed by atoms with Gasteiger partial charge in [0.25, 0.3) is 0 Å². The van der Waals surface area contributed by atoms with Crippen LogP contribution in [0, 0.1) is 13.8 Å². The largest absolute Gasteiger partial charge is 0.507 e. The van der Waals surface area contributed by atoms with Crippen molar-refractivity contribution in [3.63, 3.8) is 0 Å². The Morgan fingerprint density at radius 1 is 0.415 bits per heavy atom. The number of aryl methyl sites for hydroxylation is 2. The second-order valence-electron chi connectivity index (χ2n) is 11.0. The van der Waals surface area contributed by atoms with Gasteiger partial charge >= 0.3 is 0 Å². The van der Waals surface area contributed by atoms with Crippen molar-refractivity contribution in [2.45, 2.75) is 19.3 Å². The highest BCUT2D eigenvalue weighted by atomic mass is 16.3. The highest BCUT2D eigenvalue weighted by Gasteiger charge is 2.46. The maximum Gasteiger partial charge on any atom is 0.123 e. The molecule has 1 aliphatic rings. The fraction of sp³-hybridized carbons (Fsp3) is 0.0769. The van der Waals surface area contributed by atoms with Crippen LogP contribution in [0.5, 0.6) is 11.5 Å². The molecule has 0 unspecified atom stereocenters. The number of phenols is 2. The van der Waals surface area contributed by atoms with E-state index in [2.05, 4.69) is 98.8 Å². The maximum atomic E-state index is 11.1. The third kappa shape index (κ3) is 3.87. The van der Waals surface area contributed by atoms with E-state index in [1.54, 1.807) is 0 Å². The summed E-state index contributed by atoms with van der Waals surface area (Å²) in [6.45, 7) is 4.14. The molecule has 7 rings (SSSR count). The molecule has 2 heteroatoms. The van der Waals surface area contributed by atoms with Crippen molar-refractivity contribution in [3.8, 4) is 44.9 Å². The van der Waals surface area contributed by atoms with Crippen LogP contribution in [-0.2, 0) is 5.41 Å². The average molecular weight is 531 g/mol. The smallest absolute Gasteiger partial charge is 0.123 e. The van der Waals surface area contributed by atoms with E-state index in [0.717, 1.165) is 44.5 Å². The lowest BCUT2D eigenvalue weighted by molar-refractivity contribution is 0.477. The molecular formula is C39H30O2. The van der Waals surface area contributed by atoms with Gasteiger partial charge in [0, 0.05) is 11.1 Å². The van der Waals surface area contributed by atoms with Gasteiger partial charge in [-0.1, -0.05) is 120 Å². The SMILES string of the molecule is Cc1cccc(-c2cc(C3(c4ccc(O)c(-c5cccc(C)c5)c4)c4ccccc4-c4ccccc43)ccc2O)c1. The van der Waals surface area contributed by atoms with Crippen molar-refractivity contribution >= 4 is 0 Å². The predicted octanol–water partition coefficient (Wildman–Crippen LogP) is 9.41. The molecule has 2 nitrogen and oxygen atoms in total. The highest BCUT2D eigenvalue weighted by molar-refractivity contribution is 5.88. The predicted molar refractivity (Wildman–Crippen MR) is 167 cm³/mol. The maximum absolute atomic E-state index is 11.1. The minimum absolute atomic E-state index is 0.250. The zero-order valence-electron chi connectivity index (χ0n) is 23.1. The van der Waals surface area contributed by atoms with E-state index in [-0.39, 0.29) is 11.5 Å². The van der Waals surface area contributed by atoms with Crippen molar-refractivity contribution in [1.29, 1.82) is 0 Å². The molecule has 2 N–H and O–H groups in total. The van der Waals surface area contributed by atoms with Gasteiger partial charge in [-0.3, -0.25) is 0 Å². The molecule has 0 radical (unpaired) electrons. The molecule has 0 heterocycles. The van der Waals surface area contributed by atoms with Gasteiger partial charge in [0.15, 0.2) is 0 Å². The summed E-state index contributed by atoms with van der Waals surface area (Å²) in [7, 11) is 0. The zero-order valence-corrected chi connectivity index (χ0v) is 23.1. The summed E-state index contributed by atoms with van der Waals surface area (Å²) in [5.41, 5.74) is 12.0. The van der Waals surface area contributed by atoms with Gasteiger partial charge in [0.1, 0.15) is 11.5 Å². The van der Waals surface area contributed by atoms with Gasteiger partial charge in [-0.25, -0.2) is 0 Å². The van der Waals surface area contributed by atoms with Crippen molar-refractivity contribution in [2.75, 3.05) is 0 Å². The molecule has 0 saturated heterocycles. The molecule has 0 amide bonds. The Bertz CT molecular complexity index is 1810. The lowest BCUT2D eigenvalue weighted by Gasteiger charge is -2.34. The van der Waals surface area contributed by atoms with E-state index in [1.807, 2.05) is 48.5 Å². The number of fused-ring (bicyclic) bond motifs is 3. The quantitative estimate of drug-likeness (QED) is 0.238. The molecule has 0 saturated carbocycles. The molecule has 41 heavy (non-hydrogen) atoms. The standard InChI is InChI=1S/C39H30O2/c1-25-9-7-11-27(21-25)33-23-29(17-19-37(33)40)39(35-15-5-3-13-31(35)32-14-4-6-16-36(32)39)30-18-20-38(41)34(24-30)28-12-8-10-26(2)22-28/h3-24,40-41H,1-2H3. The second-order valence-corrected chi connectivity index (χ2v) is 11.0. The lowest BCUT2D eigenvalue weighted by Crippen LogP contribution is -2.28. The van der Waals surface area contributed by atoms with Crippen molar-refractivity contribution in [1.82, 2.24) is 0 Å². The van der Waals surface area contributed by atoms with Gasteiger partial charge in [-0.05, 0) is 82.6 Å². The van der Waals surface area contributed by atoms with E-state index < -0.39 is 5.41 Å². The Kier molecular flexibility index (Phi) is 5.80. The number of rotatable bonds is 4. The summed E-state index contributed by atoms with van der Waals surface area (Å²) in [4.78, 5) is 0. The highest BCUT2D eigenvalue weighted by Crippen LogP contribution is 2.57. The van der Waals surface area contributed by atoms with Crippen LogP contribution in [0.2, 0.25) is 0 Å². The first-order valence-electron chi connectivity index (χ1n) is 14.0. The number of aromatic hydroxyl groups is 2. The molecule has 6 aromatic rings. The van der Waals surface area contributed by atoms with Crippen LogP contribution in [-0.4, -0.2) is 10.2 Å². The summed E-state index contributed by atoms with van der Waals surface area (Å²) in [5, 5.41) is 22.2. The van der Waals surface area contributed by atoms with Crippen LogP contribution in [0.15, 0.2) is 133 Å². The van der Waals surface area contributed by atoms with Gasteiger partial charge in [0.05, 0.1) is 5.41 Å². The fourth-order valence-corrected chi connectivity index (χ4v) is 6.65. The minimum atomic E-state index is -0.661. The minimum Gasteiger partial charge on any atom is -0.507 e. The Morgan fingerprint density at radius 2 is 0.854 bits per heavy atom. The van der Waals surface area contributed by atoms with E-state index in [0.29, 0.717) is 0 Å². The summed E-state index contributed by atoms with van der Waals surface area (Å²) >= 11 is 0. The summed E-state index contributed by atoms with van der Waals surface area (Å²) < 4.78 is 0. The van der Waals surface area contributed by atoms with Crippen molar-refractivity contribution in [2.24, 2.45) is 0 Å². The normalized spacial score (nSPS) is 13.0. The van der Waals surface area contributed by atoms with Crippen LogP contribution in [0.1, 0.15) is 33.4 Å². The first kappa shape index (κ1) is 24.9. The Hall–Kier alpha value is -5.08. The third-order valence-electron chi connectivity index (χ3n) is 8.47. The Morgan fingerprint density at radius 3 is 1.29 bits per heavy atom. The van der Waals surface area contributed by atoms with Crippen molar-refractivity contribution in [3.05, 3.63) is 167 Å². The first-order chi connectivity index (χ1) is 20.0. The summed E-state index contributed by atoms with van der Waals surface area (Å²) in [6.07, 6.45) is 0. The average Bonchev–Trinajstić information content (AvgIpc) is 3.29. The molecule has 0 aromatic heterocycles. The Balaban J connectivity index is 1.58. The zero-order chi connectivity index (χ0) is 28.1. The molecule has 0 fully saturated rings. The van der Waals surface area contributed by atoms with E-state index in [9.17, 15) is 10.2 Å². The molecule has 1 aliphatic carbocycles. The van der Waals surface area contributed by atoms with Gasteiger partial charge in [-0.15, -0.1) is 0 Å². The fourth-order valence-electron chi connectivity index (χ4n) is 6.65. The van der Waals surface area contributed by atoms with Crippen LogP contribution in [0.3, 0.4) is 0 Å². The number of hydrogen-bond acceptors (Lipinski definition) is 2. The summed E-state index contributed by atoms with van der Waals surface area (Å²) in [5.74, 6) is 0.500. The van der Waals surface area contributed by atoms with Gasteiger partial charge in [-0.2, -0.15) is 0 Å². The van der Waals surface area contributed by atoms with Gasteiger partial charge < -0.3 is 10.2 Å². The molecule has 0 atom stereocenters. The van der Waals surface area contributed by atoms with Gasteiger partial charge in [0.2, 0.25) is 0 Å². The molecule has 198 valence electrons. The Labute approximate surface area is 240 Å². The topological polar surface area (TPSA) is 40.5 Å². The second kappa shape index (κ2) is 9.53. The number of benzene rings is 6. The number of phenolic OH excluding ortho intramolecular Hbond substituents is 2. The molecule has 0 spiro atoms.